The summed E-state index contributed by atoms with van der Waals surface area (Å²) in [5.41, 5.74) is 0.580. The fourth-order valence-electron chi connectivity index (χ4n) is 3.65. The van der Waals surface area contributed by atoms with E-state index < -0.39 is 0 Å². The van der Waals surface area contributed by atoms with Crippen molar-refractivity contribution in [3.8, 4) is 0 Å². The Hall–Kier alpha value is -0.370. The summed E-state index contributed by atoms with van der Waals surface area (Å²) in [6, 6.07) is 0. The summed E-state index contributed by atoms with van der Waals surface area (Å²) in [5, 5.41) is 6.60. The van der Waals surface area contributed by atoms with Crippen LogP contribution in [-0.4, -0.2) is 36.0 Å². The van der Waals surface area contributed by atoms with E-state index in [0.29, 0.717) is 5.41 Å². The van der Waals surface area contributed by atoms with Crippen LogP contribution in [-0.2, 0) is 6.54 Å². The monoisotopic (exact) mass is 420 g/mol. The molecule has 1 spiro atoms. The van der Waals surface area contributed by atoms with Crippen molar-refractivity contribution in [1.82, 2.24) is 15.2 Å². The number of nitrogens with zero attached hydrogens (tertiary/aromatic N) is 3. The molecule has 1 saturated carbocycles. The van der Waals surface area contributed by atoms with Gasteiger partial charge < -0.3 is 10.2 Å². The Morgan fingerprint density at radius 2 is 2.19 bits per heavy atom. The number of hydrogen-bond acceptors (Lipinski definition) is 3. The quantitative estimate of drug-likeness (QED) is 0.453. The van der Waals surface area contributed by atoms with E-state index in [1.165, 1.54) is 45.1 Å². The van der Waals surface area contributed by atoms with Crippen LogP contribution in [0.4, 0.5) is 0 Å². The molecular weight excluding hydrogens is 395 g/mol. The van der Waals surface area contributed by atoms with Gasteiger partial charge >= 0.3 is 0 Å². The van der Waals surface area contributed by atoms with Crippen molar-refractivity contribution < 1.29 is 0 Å². The van der Waals surface area contributed by atoms with Crippen LogP contribution in [0.5, 0.6) is 0 Å². The summed E-state index contributed by atoms with van der Waals surface area (Å²) in [4.78, 5) is 11.2. The number of aliphatic imine (C=N–C) groups is 1. The summed E-state index contributed by atoms with van der Waals surface area (Å²) in [6.07, 6.45) is 10.3. The van der Waals surface area contributed by atoms with Crippen LogP contribution in [0.3, 0.4) is 0 Å². The fourth-order valence-corrected chi connectivity index (χ4v) is 4.21. The maximum Gasteiger partial charge on any atom is 0.194 e. The molecule has 1 N–H and O–H groups in total. The van der Waals surface area contributed by atoms with Gasteiger partial charge in [-0.15, -0.1) is 35.3 Å². The predicted molar refractivity (Wildman–Crippen MR) is 99.4 cm³/mol. The van der Waals surface area contributed by atoms with Gasteiger partial charge in [-0.1, -0.05) is 19.3 Å². The molecule has 118 valence electrons. The molecule has 3 rings (SSSR count). The van der Waals surface area contributed by atoms with Gasteiger partial charge in [-0.2, -0.15) is 0 Å². The maximum absolute atomic E-state index is 4.46. The van der Waals surface area contributed by atoms with Crippen LogP contribution in [0, 0.1) is 5.41 Å². The SMILES string of the molecule is CN=C(NCc1nccs1)N1CCC2(CCCCC2)C1.I. The second kappa shape index (κ2) is 7.76. The highest BCUT2D eigenvalue weighted by molar-refractivity contribution is 14.0. The maximum atomic E-state index is 4.46. The number of hydrogen-bond donors (Lipinski definition) is 1. The van der Waals surface area contributed by atoms with Gasteiger partial charge in [-0.3, -0.25) is 4.99 Å². The van der Waals surface area contributed by atoms with E-state index in [0.717, 1.165) is 24.1 Å². The number of guanidine groups is 1. The molecule has 0 unspecified atom stereocenters. The summed E-state index contributed by atoms with van der Waals surface area (Å²) in [5.74, 6) is 1.04. The van der Waals surface area contributed by atoms with Crippen molar-refractivity contribution in [3.05, 3.63) is 16.6 Å². The first-order valence-corrected chi connectivity index (χ1v) is 8.53. The van der Waals surface area contributed by atoms with Crippen molar-refractivity contribution >= 4 is 41.3 Å². The molecule has 1 aromatic heterocycles. The molecule has 1 aromatic rings. The lowest BCUT2D eigenvalue weighted by Crippen LogP contribution is -2.41. The van der Waals surface area contributed by atoms with Crippen LogP contribution < -0.4 is 5.32 Å². The largest absolute Gasteiger partial charge is 0.350 e. The van der Waals surface area contributed by atoms with E-state index in [1.807, 2.05) is 18.6 Å². The van der Waals surface area contributed by atoms with Crippen molar-refractivity contribution in [3.63, 3.8) is 0 Å². The summed E-state index contributed by atoms with van der Waals surface area (Å²) >= 11 is 1.69. The first kappa shape index (κ1) is 17.0. The lowest BCUT2D eigenvalue weighted by Gasteiger charge is -2.33. The second-order valence-electron chi connectivity index (χ2n) is 6.06. The Labute approximate surface area is 148 Å². The van der Waals surface area contributed by atoms with Crippen LogP contribution in [0.2, 0.25) is 0 Å². The zero-order chi connectivity index (χ0) is 13.8. The number of rotatable bonds is 2. The van der Waals surface area contributed by atoms with Gasteiger partial charge in [0.2, 0.25) is 0 Å². The fraction of sp³-hybridized carbons (Fsp3) is 0.733. The van der Waals surface area contributed by atoms with E-state index in [4.69, 9.17) is 0 Å². The molecule has 21 heavy (non-hydrogen) atoms. The van der Waals surface area contributed by atoms with Gasteiger partial charge in [-0.05, 0) is 24.7 Å². The van der Waals surface area contributed by atoms with E-state index in [-0.39, 0.29) is 24.0 Å². The topological polar surface area (TPSA) is 40.5 Å². The smallest absolute Gasteiger partial charge is 0.194 e. The van der Waals surface area contributed by atoms with Crippen molar-refractivity contribution in [1.29, 1.82) is 0 Å². The van der Waals surface area contributed by atoms with Gasteiger partial charge in [0.25, 0.3) is 0 Å². The molecule has 0 atom stereocenters. The molecular formula is C15H25IN4S. The number of halogens is 1. The number of thiazole rings is 1. The predicted octanol–water partition coefficient (Wildman–Crippen LogP) is 3.49. The number of nitrogens with one attached hydrogen (secondary N) is 1. The molecule has 0 bridgehead atoms. The molecule has 0 aromatic carbocycles. The minimum absolute atomic E-state index is 0. The third kappa shape index (κ3) is 4.09. The van der Waals surface area contributed by atoms with Crippen molar-refractivity contribution in [2.75, 3.05) is 20.1 Å². The number of likely N-dealkylation sites (tertiary alicyclic amines) is 1. The standard InChI is InChI=1S/C15H24N4S.HI/c1-16-14(18-11-13-17-8-10-20-13)19-9-7-15(12-19)5-3-2-4-6-15;/h8,10H,2-7,9,11-12H2,1H3,(H,16,18);1H. The normalized spacial score (nSPS) is 21.4. The molecule has 2 heterocycles. The average Bonchev–Trinajstić information content (AvgIpc) is 3.12. The Bertz CT molecular complexity index is 454. The highest BCUT2D eigenvalue weighted by Gasteiger charge is 2.39. The molecule has 4 nitrogen and oxygen atoms in total. The van der Waals surface area contributed by atoms with Gasteiger partial charge in [0, 0.05) is 31.7 Å². The van der Waals surface area contributed by atoms with Gasteiger partial charge in [-0.25, -0.2) is 4.98 Å². The molecule has 6 heteroatoms. The Kier molecular flexibility index (Phi) is 6.28. The van der Waals surface area contributed by atoms with E-state index in [1.54, 1.807) is 11.3 Å². The minimum atomic E-state index is 0. The second-order valence-corrected chi connectivity index (χ2v) is 7.04. The molecule has 0 amide bonds. The van der Waals surface area contributed by atoms with E-state index >= 15 is 0 Å². The van der Waals surface area contributed by atoms with E-state index in [2.05, 4.69) is 20.2 Å². The number of aromatic nitrogens is 1. The van der Waals surface area contributed by atoms with Crippen LogP contribution in [0.1, 0.15) is 43.5 Å². The van der Waals surface area contributed by atoms with Crippen LogP contribution in [0.25, 0.3) is 0 Å². The zero-order valence-electron chi connectivity index (χ0n) is 12.7. The van der Waals surface area contributed by atoms with Crippen molar-refractivity contribution in [2.24, 2.45) is 10.4 Å². The average molecular weight is 420 g/mol. The summed E-state index contributed by atoms with van der Waals surface area (Å²) in [7, 11) is 1.88. The molecule has 0 radical (unpaired) electrons. The van der Waals surface area contributed by atoms with E-state index in [9.17, 15) is 0 Å². The minimum Gasteiger partial charge on any atom is -0.350 e. The summed E-state index contributed by atoms with van der Waals surface area (Å²) in [6.45, 7) is 3.12. The van der Waals surface area contributed by atoms with Crippen LogP contribution in [0.15, 0.2) is 16.6 Å². The lowest BCUT2D eigenvalue weighted by molar-refractivity contribution is 0.203. The molecule has 1 aliphatic heterocycles. The molecule has 2 aliphatic rings. The van der Waals surface area contributed by atoms with Crippen LogP contribution >= 0.6 is 35.3 Å². The highest BCUT2D eigenvalue weighted by atomic mass is 127. The van der Waals surface area contributed by atoms with Gasteiger partial charge in [0.1, 0.15) is 5.01 Å². The Balaban J connectivity index is 0.00000161. The Morgan fingerprint density at radius 1 is 1.38 bits per heavy atom. The summed E-state index contributed by atoms with van der Waals surface area (Å²) < 4.78 is 0. The molecule has 2 fully saturated rings. The molecule has 1 aliphatic carbocycles. The lowest BCUT2D eigenvalue weighted by atomic mass is 9.73. The zero-order valence-corrected chi connectivity index (χ0v) is 15.8. The first-order valence-electron chi connectivity index (χ1n) is 7.65. The highest BCUT2D eigenvalue weighted by Crippen LogP contribution is 2.43. The Morgan fingerprint density at radius 3 is 2.86 bits per heavy atom. The van der Waals surface area contributed by atoms with Crippen molar-refractivity contribution in [2.45, 2.75) is 45.1 Å². The van der Waals surface area contributed by atoms with Gasteiger partial charge in [0.05, 0.1) is 6.54 Å². The van der Waals surface area contributed by atoms with Gasteiger partial charge in [0.15, 0.2) is 5.96 Å². The third-order valence-corrected chi connectivity index (χ3v) is 5.52. The third-order valence-electron chi connectivity index (χ3n) is 4.75. The first-order chi connectivity index (χ1) is 9.81. The molecule has 1 saturated heterocycles.